The van der Waals surface area contributed by atoms with Crippen LogP contribution < -0.4 is 20.7 Å². The SMILES string of the molecule is O=C(O)CN1CCNCCNCCN(CCNC(=O)OCc2ccc(OC3OC(CO)C(O)C(O)C3O)cc2[N+](=O)[O-])CC1. The van der Waals surface area contributed by atoms with Gasteiger partial charge in [-0.3, -0.25) is 24.7 Å². The number of carboxylic acids is 1. The Morgan fingerprint density at radius 1 is 1.02 bits per heavy atom. The number of nitrogens with zero attached hydrogens (tertiary/aromatic N) is 3. The summed E-state index contributed by atoms with van der Waals surface area (Å²) < 4.78 is 15.9. The van der Waals surface area contributed by atoms with Gasteiger partial charge in [-0.25, -0.2) is 4.79 Å². The highest BCUT2D eigenvalue weighted by atomic mass is 16.7. The molecule has 1 amide bonds. The predicted molar refractivity (Wildman–Crippen MR) is 152 cm³/mol. The third-order valence-electron chi connectivity index (χ3n) is 7.19. The fourth-order valence-corrected chi connectivity index (χ4v) is 4.70. The second-order valence-electron chi connectivity index (χ2n) is 10.4. The Bertz CT molecular complexity index is 1080. The molecule has 3 rings (SSSR count). The van der Waals surface area contributed by atoms with Crippen molar-refractivity contribution in [2.75, 3.05) is 78.6 Å². The molecule has 18 nitrogen and oxygen atoms in total. The second-order valence-corrected chi connectivity index (χ2v) is 10.4. The fraction of sp³-hybridized carbons (Fsp3) is 0.692. The van der Waals surface area contributed by atoms with Gasteiger partial charge in [-0.2, -0.15) is 0 Å². The Balaban J connectivity index is 1.50. The van der Waals surface area contributed by atoms with Gasteiger partial charge in [0, 0.05) is 65.4 Å². The number of ether oxygens (including phenoxy) is 3. The highest BCUT2D eigenvalue weighted by molar-refractivity contribution is 5.69. The van der Waals surface area contributed by atoms with Crippen LogP contribution in [0.1, 0.15) is 5.56 Å². The lowest BCUT2D eigenvalue weighted by atomic mass is 9.99. The van der Waals surface area contributed by atoms with Crippen LogP contribution in [0.15, 0.2) is 18.2 Å². The maximum absolute atomic E-state index is 12.4. The average Bonchev–Trinajstić information content (AvgIpc) is 2.98. The van der Waals surface area contributed by atoms with Gasteiger partial charge in [-0.1, -0.05) is 0 Å². The van der Waals surface area contributed by atoms with Crippen molar-refractivity contribution < 1.29 is 54.3 Å². The lowest BCUT2D eigenvalue weighted by molar-refractivity contribution is -0.386. The Morgan fingerprint density at radius 3 is 2.36 bits per heavy atom. The van der Waals surface area contributed by atoms with E-state index in [1.807, 2.05) is 4.90 Å². The number of amides is 1. The molecule has 1 aromatic carbocycles. The third-order valence-corrected chi connectivity index (χ3v) is 7.19. The van der Waals surface area contributed by atoms with Gasteiger partial charge in [0.15, 0.2) is 0 Å². The summed E-state index contributed by atoms with van der Waals surface area (Å²) in [5, 5.41) is 69.4. The van der Waals surface area contributed by atoms with Gasteiger partial charge in [-0.05, 0) is 12.1 Å². The van der Waals surface area contributed by atoms with E-state index in [1.54, 1.807) is 0 Å². The van der Waals surface area contributed by atoms with Gasteiger partial charge in [0.1, 0.15) is 36.8 Å². The largest absolute Gasteiger partial charge is 0.480 e. The van der Waals surface area contributed by atoms with Crippen molar-refractivity contribution in [2.24, 2.45) is 0 Å². The molecule has 5 unspecified atom stereocenters. The number of carbonyl (C=O) groups excluding carboxylic acids is 1. The molecule has 0 aromatic heterocycles. The first-order valence-corrected chi connectivity index (χ1v) is 14.3. The van der Waals surface area contributed by atoms with Gasteiger partial charge in [0.2, 0.25) is 6.29 Å². The van der Waals surface area contributed by atoms with E-state index < -0.39 is 66.6 Å². The van der Waals surface area contributed by atoms with E-state index in [0.29, 0.717) is 45.8 Å². The van der Waals surface area contributed by atoms with Crippen LogP contribution in [0.5, 0.6) is 5.75 Å². The maximum Gasteiger partial charge on any atom is 0.407 e. The van der Waals surface area contributed by atoms with Gasteiger partial charge >= 0.3 is 12.1 Å². The number of carboxylic acid groups (broad SMARTS) is 1. The zero-order chi connectivity index (χ0) is 32.1. The number of rotatable bonds is 11. The monoisotopic (exact) mass is 630 g/mol. The quantitative estimate of drug-likeness (QED) is 0.0890. The molecule has 0 bridgehead atoms. The van der Waals surface area contributed by atoms with Crippen molar-refractivity contribution in [3.63, 3.8) is 0 Å². The number of aliphatic carboxylic acids is 1. The van der Waals surface area contributed by atoms with Gasteiger partial charge in [-0.15, -0.1) is 0 Å². The van der Waals surface area contributed by atoms with Crippen molar-refractivity contribution in [3.05, 3.63) is 33.9 Å². The zero-order valence-electron chi connectivity index (χ0n) is 24.2. The van der Waals surface area contributed by atoms with E-state index in [2.05, 4.69) is 20.9 Å². The summed E-state index contributed by atoms with van der Waals surface area (Å²) in [4.78, 5) is 38.5. The normalized spacial score (nSPS) is 26.1. The molecule has 2 saturated heterocycles. The van der Waals surface area contributed by atoms with Crippen LogP contribution in [0, 0.1) is 10.1 Å². The van der Waals surface area contributed by atoms with E-state index in [9.17, 15) is 45.2 Å². The second kappa shape index (κ2) is 17.9. The number of aliphatic hydroxyl groups excluding tert-OH is 4. The Labute approximate surface area is 253 Å². The number of alkyl carbamates (subject to hydrolysis) is 1. The molecule has 18 heteroatoms. The molecule has 2 aliphatic rings. The molecule has 0 aliphatic carbocycles. The number of nitro benzene ring substituents is 1. The van der Waals surface area contributed by atoms with Crippen LogP contribution >= 0.6 is 0 Å². The third kappa shape index (κ3) is 11.1. The molecule has 2 aliphatic heterocycles. The van der Waals surface area contributed by atoms with Crippen molar-refractivity contribution in [1.29, 1.82) is 0 Å². The maximum atomic E-state index is 12.4. The smallest absolute Gasteiger partial charge is 0.407 e. The molecular weight excluding hydrogens is 588 g/mol. The molecule has 2 fully saturated rings. The van der Waals surface area contributed by atoms with E-state index in [0.717, 1.165) is 19.2 Å². The Hall–Kier alpha value is -3.20. The first kappa shape index (κ1) is 35.3. The highest BCUT2D eigenvalue weighted by Gasteiger charge is 2.44. The summed E-state index contributed by atoms with van der Waals surface area (Å²) in [7, 11) is 0. The van der Waals surface area contributed by atoms with Crippen LogP contribution in [0.3, 0.4) is 0 Å². The molecular formula is C26H42N6O12. The van der Waals surface area contributed by atoms with Crippen LogP contribution in [0.25, 0.3) is 0 Å². The first-order valence-electron chi connectivity index (χ1n) is 14.3. The van der Waals surface area contributed by atoms with Crippen molar-refractivity contribution in [2.45, 2.75) is 37.3 Å². The zero-order valence-corrected chi connectivity index (χ0v) is 24.2. The van der Waals surface area contributed by atoms with Crippen molar-refractivity contribution in [3.8, 4) is 5.75 Å². The summed E-state index contributed by atoms with van der Waals surface area (Å²) in [5.41, 5.74) is -0.374. The minimum atomic E-state index is -1.70. The summed E-state index contributed by atoms with van der Waals surface area (Å²) in [6.45, 7) is 4.88. The summed E-state index contributed by atoms with van der Waals surface area (Å²) >= 11 is 0. The minimum Gasteiger partial charge on any atom is -0.480 e. The molecule has 0 radical (unpaired) electrons. The molecule has 1 aromatic rings. The topological polar surface area (TPSA) is 249 Å². The Kier molecular flexibility index (Phi) is 14.4. The van der Waals surface area contributed by atoms with E-state index in [4.69, 9.17) is 14.2 Å². The van der Waals surface area contributed by atoms with E-state index in [-0.39, 0.29) is 24.4 Å². The molecule has 2 heterocycles. The van der Waals surface area contributed by atoms with Crippen LogP contribution in [-0.2, 0) is 20.9 Å². The fourth-order valence-electron chi connectivity index (χ4n) is 4.70. The number of carbonyl (C=O) groups is 2. The summed E-state index contributed by atoms with van der Waals surface area (Å²) in [5.74, 6) is -1.00. The molecule has 0 spiro atoms. The van der Waals surface area contributed by atoms with Gasteiger partial charge in [0.25, 0.3) is 5.69 Å². The predicted octanol–water partition coefficient (Wildman–Crippen LogP) is -3.12. The average molecular weight is 631 g/mol. The summed E-state index contributed by atoms with van der Waals surface area (Å²) in [6, 6.07) is 3.65. The number of hydrogen-bond acceptors (Lipinski definition) is 15. The van der Waals surface area contributed by atoms with Crippen molar-refractivity contribution >= 4 is 17.7 Å². The minimum absolute atomic E-state index is 0.0634. The molecule has 5 atom stereocenters. The van der Waals surface area contributed by atoms with Gasteiger partial charge in [0.05, 0.1) is 29.7 Å². The highest BCUT2D eigenvalue weighted by Crippen LogP contribution is 2.29. The summed E-state index contributed by atoms with van der Waals surface area (Å²) in [6.07, 6.45) is -8.49. The first-order chi connectivity index (χ1) is 21.1. The number of nitro groups is 1. The lowest BCUT2D eigenvalue weighted by Gasteiger charge is -2.39. The molecule has 0 saturated carbocycles. The van der Waals surface area contributed by atoms with E-state index in [1.165, 1.54) is 12.1 Å². The van der Waals surface area contributed by atoms with Crippen LogP contribution in [-0.4, -0.2) is 162 Å². The molecule has 248 valence electrons. The standard InChI is InChI=1S/C26H42N6O12/c33-15-20-22(36)23(37)24(38)25(44-20)43-18-2-1-17(19(13-18)32(40)41)16-42-26(39)29-7-10-30-8-5-27-3-4-28-6-9-31(12-11-30)14-21(34)35/h1-2,13,20,22-25,27-28,33,36-38H,3-12,14-16H2,(H,29,39)(H,34,35). The number of aliphatic hydroxyl groups is 4. The van der Waals surface area contributed by atoms with Crippen LogP contribution in [0.4, 0.5) is 10.5 Å². The number of hydrogen-bond donors (Lipinski definition) is 8. The van der Waals surface area contributed by atoms with E-state index >= 15 is 0 Å². The molecule has 8 N–H and O–H groups in total. The molecule has 44 heavy (non-hydrogen) atoms. The van der Waals surface area contributed by atoms with Crippen molar-refractivity contribution in [1.82, 2.24) is 25.8 Å². The number of benzene rings is 1. The van der Waals surface area contributed by atoms with Crippen LogP contribution in [0.2, 0.25) is 0 Å². The lowest BCUT2D eigenvalue weighted by Crippen LogP contribution is -2.60. The Morgan fingerprint density at radius 2 is 1.70 bits per heavy atom. The number of nitrogens with one attached hydrogen (secondary N) is 3. The van der Waals surface area contributed by atoms with Gasteiger partial charge < -0.3 is 55.7 Å².